The van der Waals surface area contributed by atoms with Crippen molar-refractivity contribution in [2.45, 2.75) is 11.4 Å². The van der Waals surface area contributed by atoms with E-state index < -0.39 is 10.0 Å². The fourth-order valence-electron chi connectivity index (χ4n) is 1.53. The first kappa shape index (κ1) is 15.0. The molecule has 0 radical (unpaired) electrons. The van der Waals surface area contributed by atoms with Crippen molar-refractivity contribution in [1.82, 2.24) is 4.31 Å². The van der Waals surface area contributed by atoms with Gasteiger partial charge in [-0.2, -0.15) is 4.31 Å². The lowest BCUT2D eigenvalue weighted by atomic mass is 10.4. The van der Waals surface area contributed by atoms with Gasteiger partial charge < -0.3 is 0 Å². The molecule has 3 nitrogen and oxygen atoms in total. The highest BCUT2D eigenvalue weighted by Crippen LogP contribution is 2.24. The van der Waals surface area contributed by atoms with Gasteiger partial charge in [0.2, 0.25) is 10.0 Å². The molecule has 19 heavy (non-hydrogen) atoms. The number of thiophene rings is 1. The topological polar surface area (TPSA) is 37.4 Å². The minimum Gasteiger partial charge on any atom is -0.207 e. The molecule has 0 aliphatic carbocycles. The first-order valence-electron chi connectivity index (χ1n) is 5.34. The Labute approximate surface area is 130 Å². The Morgan fingerprint density at radius 2 is 1.95 bits per heavy atom. The summed E-state index contributed by atoms with van der Waals surface area (Å²) in [5.74, 6) is 0. The summed E-state index contributed by atoms with van der Waals surface area (Å²) in [7, 11) is -1.91. The summed E-state index contributed by atoms with van der Waals surface area (Å²) >= 11 is 10.6. The van der Waals surface area contributed by atoms with Crippen molar-refractivity contribution < 1.29 is 8.42 Å². The van der Waals surface area contributed by atoms with Crippen LogP contribution < -0.4 is 0 Å². The SMILES string of the molecule is CN(Cc1cc(Br)cs1)S(=O)(=O)c1ccc(Cl)cc1. The van der Waals surface area contributed by atoms with Crippen LogP contribution in [0.1, 0.15) is 4.88 Å². The van der Waals surface area contributed by atoms with Crippen LogP contribution >= 0.6 is 38.9 Å². The molecule has 0 aliphatic heterocycles. The van der Waals surface area contributed by atoms with Crippen molar-refractivity contribution in [1.29, 1.82) is 0 Å². The summed E-state index contributed by atoms with van der Waals surface area (Å²) in [6.45, 7) is 0.348. The van der Waals surface area contributed by atoms with Gasteiger partial charge in [0, 0.05) is 33.3 Å². The van der Waals surface area contributed by atoms with Crippen molar-refractivity contribution in [2.24, 2.45) is 0 Å². The minimum atomic E-state index is -3.48. The van der Waals surface area contributed by atoms with Crippen molar-refractivity contribution in [2.75, 3.05) is 7.05 Å². The number of sulfonamides is 1. The molecule has 1 aromatic heterocycles. The first-order chi connectivity index (χ1) is 8.89. The van der Waals surface area contributed by atoms with Crippen LogP contribution in [-0.2, 0) is 16.6 Å². The molecule has 1 heterocycles. The molecule has 0 saturated carbocycles. The largest absolute Gasteiger partial charge is 0.243 e. The number of benzene rings is 1. The minimum absolute atomic E-state index is 0.245. The standard InChI is InChI=1S/C12H11BrClNO2S2/c1-15(7-11-6-9(13)8-18-11)19(16,17)12-4-2-10(14)3-5-12/h2-6,8H,7H2,1H3. The summed E-state index contributed by atoms with van der Waals surface area (Å²) in [6, 6.07) is 8.09. The fourth-order valence-corrected chi connectivity index (χ4v) is 4.39. The molecular weight excluding hydrogens is 370 g/mol. The Kier molecular flexibility index (Phi) is 4.68. The molecule has 0 N–H and O–H groups in total. The van der Waals surface area contributed by atoms with Crippen LogP contribution in [0.25, 0.3) is 0 Å². The van der Waals surface area contributed by atoms with Gasteiger partial charge in [-0.3, -0.25) is 0 Å². The molecule has 0 unspecified atom stereocenters. The predicted molar refractivity (Wildman–Crippen MR) is 82.1 cm³/mol. The molecule has 2 rings (SSSR count). The van der Waals surface area contributed by atoms with Gasteiger partial charge in [-0.05, 0) is 46.3 Å². The quantitative estimate of drug-likeness (QED) is 0.804. The van der Waals surface area contributed by atoms with E-state index in [4.69, 9.17) is 11.6 Å². The molecule has 102 valence electrons. The van der Waals surface area contributed by atoms with Crippen LogP contribution in [0.15, 0.2) is 45.1 Å². The number of hydrogen-bond acceptors (Lipinski definition) is 3. The van der Waals surface area contributed by atoms with Gasteiger partial charge in [0.05, 0.1) is 4.90 Å². The molecule has 0 aliphatic rings. The Bertz CT molecular complexity index is 667. The second-order valence-electron chi connectivity index (χ2n) is 3.95. The van der Waals surface area contributed by atoms with E-state index in [1.54, 1.807) is 19.2 Å². The van der Waals surface area contributed by atoms with E-state index in [1.165, 1.54) is 27.8 Å². The van der Waals surface area contributed by atoms with Gasteiger partial charge in [0.15, 0.2) is 0 Å². The zero-order chi connectivity index (χ0) is 14.0. The third kappa shape index (κ3) is 3.58. The van der Waals surface area contributed by atoms with Gasteiger partial charge in [-0.25, -0.2) is 8.42 Å². The van der Waals surface area contributed by atoms with Crippen LogP contribution in [-0.4, -0.2) is 19.8 Å². The number of halogens is 2. The molecule has 0 atom stereocenters. The smallest absolute Gasteiger partial charge is 0.207 e. The molecule has 7 heteroatoms. The Morgan fingerprint density at radius 3 is 2.47 bits per heavy atom. The molecule has 0 bridgehead atoms. The van der Waals surface area contributed by atoms with Crippen molar-refractivity contribution >= 4 is 48.9 Å². The average molecular weight is 381 g/mol. The normalized spacial score (nSPS) is 12.0. The van der Waals surface area contributed by atoms with Crippen LogP contribution in [0.5, 0.6) is 0 Å². The zero-order valence-electron chi connectivity index (χ0n) is 10.0. The van der Waals surface area contributed by atoms with Crippen LogP contribution in [0.3, 0.4) is 0 Å². The molecule has 2 aromatic rings. The van der Waals surface area contributed by atoms with E-state index in [2.05, 4.69) is 15.9 Å². The summed E-state index contributed by atoms with van der Waals surface area (Å²) < 4.78 is 27.0. The van der Waals surface area contributed by atoms with Crippen molar-refractivity contribution in [3.05, 3.63) is 50.1 Å². The van der Waals surface area contributed by atoms with Crippen LogP contribution in [0, 0.1) is 0 Å². The highest BCUT2D eigenvalue weighted by atomic mass is 79.9. The molecule has 0 spiro atoms. The molecule has 0 fully saturated rings. The van der Waals surface area contributed by atoms with Gasteiger partial charge in [-0.1, -0.05) is 11.6 Å². The second kappa shape index (κ2) is 5.93. The monoisotopic (exact) mass is 379 g/mol. The maximum Gasteiger partial charge on any atom is 0.243 e. The van der Waals surface area contributed by atoms with E-state index in [1.807, 2.05) is 11.4 Å². The zero-order valence-corrected chi connectivity index (χ0v) is 14.0. The first-order valence-corrected chi connectivity index (χ1v) is 8.83. The van der Waals surface area contributed by atoms with E-state index in [0.29, 0.717) is 11.6 Å². The fraction of sp³-hybridized carbons (Fsp3) is 0.167. The van der Waals surface area contributed by atoms with Gasteiger partial charge in [0.1, 0.15) is 0 Å². The van der Waals surface area contributed by atoms with Crippen molar-refractivity contribution in [3.8, 4) is 0 Å². The lowest BCUT2D eigenvalue weighted by Gasteiger charge is -2.16. The van der Waals surface area contributed by atoms with E-state index in [0.717, 1.165) is 9.35 Å². The maximum absolute atomic E-state index is 12.3. The Balaban J connectivity index is 2.21. The molecule has 0 amide bonds. The van der Waals surface area contributed by atoms with Crippen LogP contribution in [0.4, 0.5) is 0 Å². The summed E-state index contributed by atoms with van der Waals surface area (Å²) in [5, 5.41) is 2.45. The molecular formula is C12H11BrClNO2S2. The maximum atomic E-state index is 12.3. The number of rotatable bonds is 4. The van der Waals surface area contributed by atoms with E-state index in [-0.39, 0.29) is 4.90 Å². The van der Waals surface area contributed by atoms with E-state index in [9.17, 15) is 8.42 Å². The lowest BCUT2D eigenvalue weighted by molar-refractivity contribution is 0.469. The number of nitrogens with zero attached hydrogens (tertiary/aromatic N) is 1. The second-order valence-corrected chi connectivity index (χ2v) is 8.34. The van der Waals surface area contributed by atoms with Gasteiger partial charge in [-0.15, -0.1) is 11.3 Å². The third-order valence-corrected chi connectivity index (χ3v) is 6.27. The third-order valence-electron chi connectivity index (χ3n) is 2.52. The van der Waals surface area contributed by atoms with Crippen molar-refractivity contribution in [3.63, 3.8) is 0 Å². The number of hydrogen-bond donors (Lipinski definition) is 0. The van der Waals surface area contributed by atoms with Gasteiger partial charge in [0.25, 0.3) is 0 Å². The molecule has 1 aromatic carbocycles. The average Bonchev–Trinajstić information content (AvgIpc) is 2.75. The van der Waals surface area contributed by atoms with Gasteiger partial charge >= 0.3 is 0 Å². The Morgan fingerprint density at radius 1 is 1.32 bits per heavy atom. The van der Waals surface area contributed by atoms with Crippen LogP contribution in [0.2, 0.25) is 5.02 Å². The lowest BCUT2D eigenvalue weighted by Crippen LogP contribution is -2.26. The summed E-state index contributed by atoms with van der Waals surface area (Å²) in [6.07, 6.45) is 0. The molecule has 0 saturated heterocycles. The Hall–Kier alpha value is -0.400. The highest BCUT2D eigenvalue weighted by Gasteiger charge is 2.21. The predicted octanol–water partition coefficient (Wildman–Crippen LogP) is 3.98. The summed E-state index contributed by atoms with van der Waals surface area (Å²) in [4.78, 5) is 1.22. The summed E-state index contributed by atoms with van der Waals surface area (Å²) in [5.41, 5.74) is 0. The van der Waals surface area contributed by atoms with E-state index >= 15 is 0 Å². The highest BCUT2D eigenvalue weighted by molar-refractivity contribution is 9.10.